The maximum atomic E-state index is 12.7. The number of carbonyl (C=O) groups excluding carboxylic acids is 2. The molecule has 0 spiro atoms. The Balaban J connectivity index is 1.43. The third kappa shape index (κ3) is 3.54. The summed E-state index contributed by atoms with van der Waals surface area (Å²) < 4.78 is 0. The standard InChI is InChI=1S/C23H26N2O2/c1-15(2)14-25-11-9-17(10-12-25)24-23(27)16-7-8-19-18-5-3-4-6-20(18)22(26)21(19)13-16/h3-8,13,15,17H,9-12,14H2,1-2H3,(H,24,27). The summed E-state index contributed by atoms with van der Waals surface area (Å²) >= 11 is 0. The van der Waals surface area contributed by atoms with Gasteiger partial charge in [0.1, 0.15) is 0 Å². The fourth-order valence-electron chi connectivity index (χ4n) is 4.21. The predicted octanol–water partition coefficient (Wildman–Crippen LogP) is 3.75. The SMILES string of the molecule is CC(C)CN1CCC(NC(=O)c2ccc3c(c2)C(=O)c2ccccc2-3)CC1. The Morgan fingerprint density at radius 3 is 2.41 bits per heavy atom. The smallest absolute Gasteiger partial charge is 0.251 e. The van der Waals surface area contributed by atoms with Gasteiger partial charge in [0.05, 0.1) is 0 Å². The number of likely N-dealkylation sites (tertiary alicyclic amines) is 1. The highest BCUT2D eigenvalue weighted by Gasteiger charge is 2.28. The minimum absolute atomic E-state index is 0.0113. The third-order valence-corrected chi connectivity index (χ3v) is 5.53. The molecule has 140 valence electrons. The fraction of sp³-hybridized carbons (Fsp3) is 0.391. The Bertz CT molecular complexity index is 880. The van der Waals surface area contributed by atoms with Crippen molar-refractivity contribution in [3.8, 4) is 11.1 Å². The summed E-state index contributed by atoms with van der Waals surface area (Å²) in [6.07, 6.45) is 1.96. The molecule has 27 heavy (non-hydrogen) atoms. The molecular weight excluding hydrogens is 336 g/mol. The largest absolute Gasteiger partial charge is 0.349 e. The van der Waals surface area contributed by atoms with Crippen LogP contribution in [0.25, 0.3) is 11.1 Å². The van der Waals surface area contributed by atoms with Crippen LogP contribution in [0.1, 0.15) is 53.0 Å². The summed E-state index contributed by atoms with van der Waals surface area (Å²) in [5, 5.41) is 3.16. The number of nitrogens with one attached hydrogen (secondary N) is 1. The summed E-state index contributed by atoms with van der Waals surface area (Å²) in [5.74, 6) is 0.602. The second-order valence-electron chi connectivity index (χ2n) is 8.08. The van der Waals surface area contributed by atoms with E-state index in [2.05, 4.69) is 24.1 Å². The molecule has 1 N–H and O–H groups in total. The van der Waals surface area contributed by atoms with Crippen molar-refractivity contribution >= 4 is 11.7 Å². The van der Waals surface area contributed by atoms with Gasteiger partial charge >= 0.3 is 0 Å². The molecule has 4 rings (SSSR count). The Hall–Kier alpha value is -2.46. The van der Waals surface area contributed by atoms with Gasteiger partial charge in [-0.2, -0.15) is 0 Å². The Morgan fingerprint density at radius 2 is 1.70 bits per heavy atom. The lowest BCUT2D eigenvalue weighted by Crippen LogP contribution is -2.45. The first-order valence-corrected chi connectivity index (χ1v) is 9.84. The molecule has 0 aromatic heterocycles. The van der Waals surface area contributed by atoms with Crippen molar-refractivity contribution in [2.24, 2.45) is 5.92 Å². The normalized spacial score (nSPS) is 17.1. The number of ketones is 1. The molecule has 1 amide bonds. The Morgan fingerprint density at radius 1 is 1.04 bits per heavy atom. The lowest BCUT2D eigenvalue weighted by molar-refractivity contribution is 0.0907. The average molecular weight is 362 g/mol. The number of amides is 1. The molecule has 0 bridgehead atoms. The minimum atomic E-state index is -0.0798. The van der Waals surface area contributed by atoms with E-state index in [0.717, 1.165) is 49.2 Å². The number of benzene rings is 2. The molecule has 1 aliphatic heterocycles. The van der Waals surface area contributed by atoms with Gasteiger partial charge in [0.2, 0.25) is 0 Å². The molecular formula is C23H26N2O2. The maximum Gasteiger partial charge on any atom is 0.251 e. The van der Waals surface area contributed by atoms with Crippen molar-refractivity contribution in [3.05, 3.63) is 59.2 Å². The lowest BCUT2D eigenvalue weighted by atomic mass is 10.0. The molecule has 2 aliphatic rings. The van der Waals surface area contributed by atoms with Crippen LogP contribution in [0.2, 0.25) is 0 Å². The van der Waals surface area contributed by atoms with Crippen molar-refractivity contribution in [2.45, 2.75) is 32.7 Å². The average Bonchev–Trinajstić information content (AvgIpc) is 2.95. The van der Waals surface area contributed by atoms with Gasteiger partial charge in [0.25, 0.3) is 5.91 Å². The highest BCUT2D eigenvalue weighted by molar-refractivity contribution is 6.22. The van der Waals surface area contributed by atoms with Gasteiger partial charge in [0, 0.05) is 42.4 Å². The van der Waals surface area contributed by atoms with E-state index in [1.807, 2.05) is 36.4 Å². The highest BCUT2D eigenvalue weighted by Crippen LogP contribution is 2.36. The zero-order chi connectivity index (χ0) is 19.0. The summed E-state index contributed by atoms with van der Waals surface area (Å²) in [6, 6.07) is 13.3. The van der Waals surface area contributed by atoms with E-state index in [0.29, 0.717) is 17.0 Å². The molecule has 0 atom stereocenters. The van der Waals surface area contributed by atoms with Crippen LogP contribution in [0.4, 0.5) is 0 Å². The van der Waals surface area contributed by atoms with Crippen LogP contribution in [-0.4, -0.2) is 42.3 Å². The number of carbonyl (C=O) groups is 2. The second kappa shape index (κ2) is 7.28. The van der Waals surface area contributed by atoms with E-state index >= 15 is 0 Å². The van der Waals surface area contributed by atoms with Crippen LogP contribution in [-0.2, 0) is 0 Å². The van der Waals surface area contributed by atoms with E-state index in [9.17, 15) is 9.59 Å². The topological polar surface area (TPSA) is 49.4 Å². The van der Waals surface area contributed by atoms with Gasteiger partial charge in [-0.1, -0.05) is 44.2 Å². The monoisotopic (exact) mass is 362 g/mol. The van der Waals surface area contributed by atoms with Crippen LogP contribution < -0.4 is 5.32 Å². The van der Waals surface area contributed by atoms with Crippen molar-refractivity contribution in [1.82, 2.24) is 10.2 Å². The van der Waals surface area contributed by atoms with Crippen LogP contribution >= 0.6 is 0 Å². The zero-order valence-corrected chi connectivity index (χ0v) is 16.0. The van der Waals surface area contributed by atoms with Crippen LogP contribution in [0.15, 0.2) is 42.5 Å². The van der Waals surface area contributed by atoms with Gasteiger partial charge in [-0.05, 0) is 42.0 Å². The van der Waals surface area contributed by atoms with Gasteiger partial charge in [-0.25, -0.2) is 0 Å². The van der Waals surface area contributed by atoms with Crippen molar-refractivity contribution in [2.75, 3.05) is 19.6 Å². The molecule has 0 unspecified atom stereocenters. The minimum Gasteiger partial charge on any atom is -0.349 e. The van der Waals surface area contributed by atoms with E-state index in [1.165, 1.54) is 0 Å². The lowest BCUT2D eigenvalue weighted by Gasteiger charge is -2.33. The molecule has 2 aromatic carbocycles. The summed E-state index contributed by atoms with van der Waals surface area (Å²) in [5.41, 5.74) is 3.81. The first kappa shape index (κ1) is 17.9. The van der Waals surface area contributed by atoms with E-state index in [4.69, 9.17) is 0 Å². The first-order valence-electron chi connectivity index (χ1n) is 9.84. The maximum absolute atomic E-state index is 12.7. The van der Waals surface area contributed by atoms with Gasteiger partial charge < -0.3 is 10.2 Å². The summed E-state index contributed by atoms with van der Waals surface area (Å²) in [4.78, 5) is 27.8. The van der Waals surface area contributed by atoms with Crippen LogP contribution in [0.5, 0.6) is 0 Å². The van der Waals surface area contributed by atoms with Crippen LogP contribution in [0.3, 0.4) is 0 Å². The molecule has 0 saturated carbocycles. The summed E-state index contributed by atoms with van der Waals surface area (Å²) in [6.45, 7) is 7.65. The fourth-order valence-corrected chi connectivity index (χ4v) is 4.21. The van der Waals surface area contributed by atoms with E-state index in [1.54, 1.807) is 6.07 Å². The van der Waals surface area contributed by atoms with E-state index in [-0.39, 0.29) is 17.7 Å². The van der Waals surface area contributed by atoms with Crippen molar-refractivity contribution < 1.29 is 9.59 Å². The highest BCUT2D eigenvalue weighted by atomic mass is 16.1. The summed E-state index contributed by atoms with van der Waals surface area (Å²) in [7, 11) is 0. The quantitative estimate of drug-likeness (QED) is 0.769. The molecule has 4 heteroatoms. The number of nitrogens with zero attached hydrogens (tertiary/aromatic N) is 1. The zero-order valence-electron chi connectivity index (χ0n) is 16.0. The second-order valence-corrected chi connectivity index (χ2v) is 8.08. The van der Waals surface area contributed by atoms with Crippen molar-refractivity contribution in [3.63, 3.8) is 0 Å². The van der Waals surface area contributed by atoms with Crippen LogP contribution in [0, 0.1) is 5.92 Å². The number of rotatable bonds is 4. The molecule has 1 heterocycles. The molecule has 1 saturated heterocycles. The number of hydrogen-bond acceptors (Lipinski definition) is 3. The molecule has 4 nitrogen and oxygen atoms in total. The van der Waals surface area contributed by atoms with Gasteiger partial charge in [0.15, 0.2) is 5.78 Å². The first-order chi connectivity index (χ1) is 13.0. The Kier molecular flexibility index (Phi) is 4.83. The number of fused-ring (bicyclic) bond motifs is 3. The van der Waals surface area contributed by atoms with E-state index < -0.39 is 0 Å². The Labute approximate surface area is 160 Å². The molecule has 1 fully saturated rings. The van der Waals surface area contributed by atoms with Gasteiger partial charge in [-0.15, -0.1) is 0 Å². The number of piperidine rings is 1. The van der Waals surface area contributed by atoms with Crippen molar-refractivity contribution in [1.29, 1.82) is 0 Å². The van der Waals surface area contributed by atoms with Gasteiger partial charge in [-0.3, -0.25) is 9.59 Å². The third-order valence-electron chi connectivity index (χ3n) is 5.53. The predicted molar refractivity (Wildman–Crippen MR) is 107 cm³/mol. The number of hydrogen-bond donors (Lipinski definition) is 1. The molecule has 0 radical (unpaired) electrons. The molecule has 1 aliphatic carbocycles. The molecule has 2 aromatic rings.